The summed E-state index contributed by atoms with van der Waals surface area (Å²) in [5.74, 6) is 0. The van der Waals surface area contributed by atoms with E-state index in [4.69, 9.17) is 0 Å². The molecule has 0 radical (unpaired) electrons. The molecule has 0 aliphatic heterocycles. The van der Waals surface area contributed by atoms with Crippen molar-refractivity contribution in [1.29, 1.82) is 0 Å². The van der Waals surface area contributed by atoms with E-state index in [2.05, 4.69) is 9.99 Å². The first-order chi connectivity index (χ1) is 9.02. The number of nitrogens with zero attached hydrogens (tertiary/aromatic N) is 3. The van der Waals surface area contributed by atoms with Crippen molar-refractivity contribution in [3.8, 4) is 0 Å². The lowest BCUT2D eigenvalue weighted by atomic mass is 10.7. The minimum absolute atomic E-state index is 0.0320. The molecule has 0 aliphatic rings. The highest BCUT2D eigenvalue weighted by Crippen LogP contribution is 2.23. The van der Waals surface area contributed by atoms with E-state index >= 15 is 0 Å². The fourth-order valence-corrected chi connectivity index (χ4v) is 1.65. The topological polar surface area (TPSA) is 79.3 Å². The maximum atomic E-state index is 12.2. The fourth-order valence-electron chi connectivity index (χ4n) is 0.652. The van der Waals surface area contributed by atoms with Crippen molar-refractivity contribution >= 4 is 40.2 Å². The van der Waals surface area contributed by atoms with Gasteiger partial charge in [0, 0.05) is 14.1 Å². The zero-order valence-corrected chi connectivity index (χ0v) is 11.9. The number of hydrogen-bond acceptors (Lipinski definition) is 6. The summed E-state index contributed by atoms with van der Waals surface area (Å²) in [6.07, 6.45) is -7.43. The van der Waals surface area contributed by atoms with Crippen LogP contribution in [0, 0.1) is 0 Å². The van der Waals surface area contributed by atoms with Gasteiger partial charge in [-0.3, -0.25) is 4.84 Å². The number of oxime groups is 1. The Balaban J connectivity index is 4.82. The zero-order chi connectivity index (χ0) is 16.1. The van der Waals surface area contributed by atoms with E-state index in [9.17, 15) is 31.4 Å². The smallest absolute Gasteiger partial charge is 0.296 e. The Labute approximate surface area is 117 Å². The van der Waals surface area contributed by atoms with E-state index in [0.29, 0.717) is 0 Å². The maximum absolute atomic E-state index is 12.2. The molecular weight excluding hydrogens is 330 g/mol. The molecule has 0 rings (SSSR count). The Bertz CT molecular complexity index is 442. The second-order valence-corrected chi connectivity index (χ2v) is 5.29. The van der Waals surface area contributed by atoms with Gasteiger partial charge in [-0.25, -0.2) is 22.4 Å². The van der Waals surface area contributed by atoms with Crippen LogP contribution >= 0.6 is 11.8 Å². The molecule has 0 heterocycles. The highest BCUT2D eigenvalue weighted by atomic mass is 32.2. The molecule has 0 aromatic carbocycles. The number of thioether (sulfide) groups is 1. The summed E-state index contributed by atoms with van der Waals surface area (Å²) in [4.78, 5) is 25.4. The number of amides is 2. The lowest BCUT2D eigenvalue weighted by Crippen LogP contribution is -2.39. The summed E-state index contributed by atoms with van der Waals surface area (Å²) < 4.78 is 60.6. The molecule has 0 bridgehead atoms. The summed E-state index contributed by atoms with van der Waals surface area (Å²) in [6, 6.07) is 0. The van der Waals surface area contributed by atoms with Crippen molar-refractivity contribution < 1.29 is 36.2 Å². The largest absolute Gasteiger partial charge is 0.449 e. The molecule has 20 heavy (non-hydrogen) atoms. The molecule has 7 nitrogen and oxygen atoms in total. The van der Waals surface area contributed by atoms with E-state index in [0.717, 1.165) is 20.4 Å². The summed E-state index contributed by atoms with van der Waals surface area (Å²) in [5.41, 5.74) is 0. The summed E-state index contributed by atoms with van der Waals surface area (Å²) in [7, 11) is 1.59. The average Bonchev–Trinajstić information content (AvgIpc) is 2.34. The van der Waals surface area contributed by atoms with Gasteiger partial charge in [-0.1, -0.05) is 5.16 Å². The second kappa shape index (κ2) is 7.42. The van der Waals surface area contributed by atoms with E-state index in [1.165, 1.54) is 0 Å². The van der Waals surface area contributed by atoms with Gasteiger partial charge >= 0.3 is 18.4 Å². The predicted octanol–water partition coefficient (Wildman–Crippen LogP) is 1.89. The number of halogens is 4. The van der Waals surface area contributed by atoms with Crippen LogP contribution in [0.4, 0.5) is 27.2 Å². The molecule has 0 aromatic rings. The van der Waals surface area contributed by atoms with Crippen LogP contribution in [-0.4, -0.2) is 56.6 Å². The van der Waals surface area contributed by atoms with Crippen LogP contribution in [0.15, 0.2) is 5.16 Å². The van der Waals surface area contributed by atoms with Gasteiger partial charge in [-0.15, -0.1) is 16.2 Å². The van der Waals surface area contributed by atoms with Crippen LogP contribution in [0.1, 0.15) is 0 Å². The zero-order valence-electron chi connectivity index (χ0n) is 10.3. The highest BCUT2D eigenvalue weighted by molar-refractivity contribution is 8.13. The first kappa shape index (κ1) is 18.6. The maximum Gasteiger partial charge on any atom is 0.449 e. The minimum Gasteiger partial charge on any atom is -0.296 e. The Morgan fingerprint density at radius 1 is 1.25 bits per heavy atom. The van der Waals surface area contributed by atoms with Crippen LogP contribution in [0.2, 0.25) is 0 Å². The van der Waals surface area contributed by atoms with Gasteiger partial charge in [0.15, 0.2) is 0 Å². The van der Waals surface area contributed by atoms with Crippen molar-refractivity contribution in [2.24, 2.45) is 5.16 Å². The number of rotatable bonds is 3. The van der Waals surface area contributed by atoms with Crippen molar-refractivity contribution in [2.75, 3.05) is 20.4 Å². The van der Waals surface area contributed by atoms with Gasteiger partial charge in [-0.05, 0) is 6.26 Å². The van der Waals surface area contributed by atoms with Crippen LogP contribution in [0.25, 0.3) is 0 Å². The number of carbonyl (C=O) groups is 2. The van der Waals surface area contributed by atoms with Gasteiger partial charge in [0.1, 0.15) is 0 Å². The molecule has 0 saturated carbocycles. The standard InChI is InChI=1S/C7H9F4N3O4S2/c1-13(5(8)15)20(17)14(2)6(16)18-12-4(19-3)7(9,10)11/h1-3H3. The first-order valence-electron chi connectivity index (χ1n) is 4.51. The molecule has 13 heteroatoms. The summed E-state index contributed by atoms with van der Waals surface area (Å²) in [5, 5.41) is 1.11. The van der Waals surface area contributed by atoms with Gasteiger partial charge < -0.3 is 0 Å². The van der Waals surface area contributed by atoms with E-state index in [-0.39, 0.29) is 20.4 Å². The normalized spacial score (nSPS) is 13.7. The summed E-state index contributed by atoms with van der Waals surface area (Å²) in [6.45, 7) is 0. The molecule has 0 aliphatic carbocycles. The van der Waals surface area contributed by atoms with Crippen molar-refractivity contribution in [3.05, 3.63) is 0 Å². The molecule has 0 saturated heterocycles. The van der Waals surface area contributed by atoms with Crippen LogP contribution in [-0.2, 0) is 16.0 Å². The lowest BCUT2D eigenvalue weighted by molar-refractivity contribution is -0.0575. The van der Waals surface area contributed by atoms with Crippen LogP contribution in [0.3, 0.4) is 0 Å². The quantitative estimate of drug-likeness (QED) is 0.149. The molecule has 0 fully saturated rings. The highest BCUT2D eigenvalue weighted by Gasteiger charge is 2.37. The van der Waals surface area contributed by atoms with Crippen molar-refractivity contribution in [3.63, 3.8) is 0 Å². The van der Waals surface area contributed by atoms with Gasteiger partial charge in [0.05, 0.1) is 0 Å². The van der Waals surface area contributed by atoms with E-state index < -0.39 is 34.6 Å². The van der Waals surface area contributed by atoms with Gasteiger partial charge in [0.25, 0.3) is 0 Å². The van der Waals surface area contributed by atoms with Gasteiger partial charge in [0.2, 0.25) is 16.2 Å². The molecule has 1 unspecified atom stereocenters. The molecule has 1 atom stereocenters. The number of alkyl halides is 3. The van der Waals surface area contributed by atoms with Crippen LogP contribution < -0.4 is 0 Å². The molecular formula is C7H9F4N3O4S2. The third-order valence-corrected chi connectivity index (χ3v) is 3.54. The SMILES string of the molecule is CSC(=NOC(=O)N(C)S(=O)N(C)C(=O)F)C(F)(F)F. The Hall–Kier alpha value is -1.37. The predicted molar refractivity (Wildman–Crippen MR) is 63.7 cm³/mol. The van der Waals surface area contributed by atoms with Gasteiger partial charge in [-0.2, -0.15) is 13.2 Å². The van der Waals surface area contributed by atoms with E-state index in [1.54, 1.807) is 0 Å². The third kappa shape index (κ3) is 5.32. The molecule has 0 spiro atoms. The first-order valence-corrected chi connectivity index (χ1v) is 6.80. The Kier molecular flexibility index (Phi) is 6.91. The molecule has 2 amide bonds. The van der Waals surface area contributed by atoms with Crippen molar-refractivity contribution in [2.45, 2.75) is 6.18 Å². The molecule has 116 valence electrons. The average molecular weight is 339 g/mol. The Morgan fingerprint density at radius 3 is 2.10 bits per heavy atom. The number of hydrogen-bond donors (Lipinski definition) is 0. The molecule has 0 aromatic heterocycles. The summed E-state index contributed by atoms with van der Waals surface area (Å²) >= 11 is -2.42. The minimum atomic E-state index is -4.82. The fraction of sp³-hybridized carbons (Fsp3) is 0.571. The van der Waals surface area contributed by atoms with Crippen molar-refractivity contribution in [1.82, 2.24) is 8.61 Å². The monoisotopic (exact) mass is 339 g/mol. The second-order valence-electron chi connectivity index (χ2n) is 2.93. The van der Waals surface area contributed by atoms with Crippen LogP contribution in [0.5, 0.6) is 0 Å². The third-order valence-electron chi connectivity index (χ3n) is 1.62. The molecule has 0 N–H and O–H groups in total. The lowest BCUT2D eigenvalue weighted by Gasteiger charge is -2.18. The number of carbonyl (C=O) groups excluding carboxylic acids is 2. The Morgan fingerprint density at radius 2 is 1.75 bits per heavy atom. The van der Waals surface area contributed by atoms with E-state index in [1.807, 2.05) is 0 Å².